The van der Waals surface area contributed by atoms with Crippen molar-refractivity contribution >= 4 is 20.8 Å². The van der Waals surface area contributed by atoms with Gasteiger partial charge >= 0.3 is 50.4 Å². The molecule has 0 fully saturated rings. The van der Waals surface area contributed by atoms with Crippen LogP contribution in [-0.2, 0) is 20.8 Å². The Labute approximate surface area is 222 Å². The number of unbranched alkanes of at least 4 members (excludes halogenated alkanes) is 9. The normalized spacial score (nSPS) is 10.6. The maximum Gasteiger partial charge on any atom is 1.00 e. The first-order chi connectivity index (χ1) is 14.8. The first-order valence-corrected chi connectivity index (χ1v) is 13.3. The number of aliphatic hydroxyl groups is 3. The molecule has 0 aliphatic rings. The van der Waals surface area contributed by atoms with Crippen molar-refractivity contribution in [3.05, 3.63) is 6.92 Å². The first kappa shape index (κ1) is 43.6. The zero-order valence-corrected chi connectivity index (χ0v) is 23.7. The summed E-state index contributed by atoms with van der Waals surface area (Å²) >= 11 is 0. The van der Waals surface area contributed by atoms with Gasteiger partial charge in [-0.15, -0.1) is 0 Å². The van der Waals surface area contributed by atoms with Gasteiger partial charge in [0.1, 0.15) is 0 Å². The molecular formula is C18H44NNaO11S2. The molecular weight excluding hydrogens is 493 g/mol. The van der Waals surface area contributed by atoms with Crippen molar-refractivity contribution in [3.8, 4) is 0 Å². The molecule has 0 aromatic heterocycles. The smallest absolute Gasteiger partial charge is 0.395 e. The second-order valence-corrected chi connectivity index (χ2v) is 8.38. The minimum atomic E-state index is -4.67. The average Bonchev–Trinajstić information content (AvgIpc) is 2.62. The fourth-order valence-electron chi connectivity index (χ4n) is 2.25. The third-order valence-corrected chi connectivity index (χ3v) is 3.60. The van der Waals surface area contributed by atoms with Crippen LogP contribution in [0, 0.1) is 6.92 Å². The van der Waals surface area contributed by atoms with Crippen molar-refractivity contribution in [1.29, 1.82) is 0 Å². The van der Waals surface area contributed by atoms with Crippen LogP contribution in [-0.4, -0.2) is 94.7 Å². The van der Waals surface area contributed by atoms with Crippen LogP contribution in [0.15, 0.2) is 0 Å². The van der Waals surface area contributed by atoms with E-state index in [9.17, 15) is 0 Å². The van der Waals surface area contributed by atoms with Crippen LogP contribution in [0.5, 0.6) is 0 Å². The van der Waals surface area contributed by atoms with Gasteiger partial charge in [-0.1, -0.05) is 64.7 Å². The van der Waals surface area contributed by atoms with Crippen LogP contribution >= 0.6 is 0 Å². The summed E-state index contributed by atoms with van der Waals surface area (Å²) < 4.78 is 63.2. The second-order valence-electron chi connectivity index (χ2n) is 6.59. The Morgan fingerprint density at radius 3 is 1.06 bits per heavy atom. The molecule has 0 aromatic rings. The number of rotatable bonds is 15. The van der Waals surface area contributed by atoms with Crippen molar-refractivity contribution in [3.63, 3.8) is 0 Å². The minimum absolute atomic E-state index is 0. The van der Waals surface area contributed by atoms with Gasteiger partial charge in [-0.05, 0) is 0 Å². The van der Waals surface area contributed by atoms with E-state index < -0.39 is 20.8 Å². The first-order valence-electron chi connectivity index (χ1n) is 10.5. The summed E-state index contributed by atoms with van der Waals surface area (Å²) in [5, 5.41) is 25.5. The second kappa shape index (κ2) is 32.6. The molecule has 0 saturated carbocycles. The third-order valence-electron chi connectivity index (χ3n) is 3.60. The molecule has 0 atom stereocenters. The molecule has 0 aliphatic carbocycles. The maximum atomic E-state index is 8.74. The monoisotopic (exact) mass is 537 g/mol. The molecule has 0 rings (SSSR count). The van der Waals surface area contributed by atoms with Gasteiger partial charge in [0.25, 0.3) is 0 Å². The van der Waals surface area contributed by atoms with Gasteiger partial charge in [0.05, 0.1) is 19.8 Å². The van der Waals surface area contributed by atoms with Gasteiger partial charge in [-0.3, -0.25) is 23.1 Å². The summed E-state index contributed by atoms with van der Waals surface area (Å²) in [7, 11) is -9.33. The summed E-state index contributed by atoms with van der Waals surface area (Å²) in [6.07, 6.45) is 13.9. The molecule has 15 heteroatoms. The van der Waals surface area contributed by atoms with Crippen molar-refractivity contribution in [2.24, 2.45) is 0 Å². The molecule has 0 spiro atoms. The molecule has 7 N–H and O–H groups in total. The van der Waals surface area contributed by atoms with Crippen LogP contribution in [0.4, 0.5) is 0 Å². The minimum Gasteiger partial charge on any atom is -0.395 e. The van der Waals surface area contributed by atoms with E-state index in [2.05, 4.69) is 13.8 Å². The molecule has 0 radical (unpaired) electrons. The number of nitrogens with zero attached hydrogens (tertiary/aromatic N) is 1. The van der Waals surface area contributed by atoms with Crippen molar-refractivity contribution in [2.45, 2.75) is 71.1 Å². The quantitative estimate of drug-likeness (QED) is 0.0562. The van der Waals surface area contributed by atoms with E-state index >= 15 is 0 Å². The van der Waals surface area contributed by atoms with E-state index in [1.54, 1.807) is 4.90 Å². The predicted octanol–water partition coefficient (Wildman–Crippen LogP) is -1.29. The Bertz CT molecular complexity index is 479. The predicted molar refractivity (Wildman–Crippen MR) is 123 cm³/mol. The number of aliphatic hydroxyl groups excluding tert-OH is 3. The molecule has 0 heterocycles. The Morgan fingerprint density at radius 2 is 0.848 bits per heavy atom. The zero-order valence-electron chi connectivity index (χ0n) is 20.0. The Morgan fingerprint density at radius 1 is 0.606 bits per heavy atom. The summed E-state index contributed by atoms with van der Waals surface area (Å²) in [5.41, 5.74) is 0. The standard InChI is InChI=1S/C12H25.C6H15NO3.Na.2H2O4S/c1-3-5-7-9-11-12-10-8-6-4-2;8-4-1-7(2-5-9)3-6-10;;2*1-5(2,3)4/h1,3-12H2,2H3;8-10H,1-6H2;;2*(H2,1,2,3,4)/q-1;;+1;;. The fourth-order valence-corrected chi connectivity index (χ4v) is 2.25. The zero-order chi connectivity index (χ0) is 25.9. The molecule has 33 heavy (non-hydrogen) atoms. The van der Waals surface area contributed by atoms with Crippen molar-refractivity contribution in [2.75, 3.05) is 39.5 Å². The van der Waals surface area contributed by atoms with Crippen LogP contribution in [0.3, 0.4) is 0 Å². The van der Waals surface area contributed by atoms with Gasteiger partial charge in [-0.2, -0.15) is 23.3 Å². The number of hydrogen-bond acceptors (Lipinski definition) is 8. The van der Waals surface area contributed by atoms with Gasteiger partial charge in [0.2, 0.25) is 0 Å². The van der Waals surface area contributed by atoms with Crippen LogP contribution in [0.25, 0.3) is 0 Å². The van der Waals surface area contributed by atoms with E-state index in [4.69, 9.17) is 50.4 Å². The molecule has 0 aromatic carbocycles. The van der Waals surface area contributed by atoms with Crippen molar-refractivity contribution < 1.29 is 79.9 Å². The molecule has 0 bridgehead atoms. The summed E-state index contributed by atoms with van der Waals surface area (Å²) in [6.45, 7) is 7.87. The fraction of sp³-hybridized carbons (Fsp3) is 0.944. The summed E-state index contributed by atoms with van der Waals surface area (Å²) in [6, 6.07) is 0. The van der Waals surface area contributed by atoms with Crippen LogP contribution < -0.4 is 29.6 Å². The molecule has 0 amide bonds. The maximum absolute atomic E-state index is 8.74. The van der Waals surface area contributed by atoms with E-state index in [-0.39, 0.29) is 49.4 Å². The van der Waals surface area contributed by atoms with Crippen molar-refractivity contribution in [1.82, 2.24) is 4.90 Å². The SMILES string of the molecule is O=S(=O)(O)O.O=S(=O)(O)O.OCCN(CCO)CCO.[CH2-]CCCCCCCCCCC.[Na+]. The van der Waals surface area contributed by atoms with Gasteiger partial charge in [0, 0.05) is 19.6 Å². The van der Waals surface area contributed by atoms with Gasteiger partial charge < -0.3 is 22.2 Å². The van der Waals surface area contributed by atoms with E-state index in [0.717, 1.165) is 6.42 Å². The van der Waals surface area contributed by atoms with E-state index in [1.165, 1.54) is 57.8 Å². The topological polar surface area (TPSA) is 213 Å². The third kappa shape index (κ3) is 88.3. The molecule has 0 unspecified atom stereocenters. The molecule has 0 saturated heterocycles. The van der Waals surface area contributed by atoms with E-state index in [0.29, 0.717) is 19.6 Å². The van der Waals surface area contributed by atoms with E-state index in [1.807, 2.05) is 0 Å². The average molecular weight is 538 g/mol. The van der Waals surface area contributed by atoms with Gasteiger partial charge in [-0.25, -0.2) is 0 Å². The van der Waals surface area contributed by atoms with Gasteiger partial charge in [0.15, 0.2) is 0 Å². The Hall–Kier alpha value is 0.580. The largest absolute Gasteiger partial charge is 1.00 e. The molecule has 200 valence electrons. The van der Waals surface area contributed by atoms with Crippen LogP contribution in [0.1, 0.15) is 71.1 Å². The summed E-state index contributed by atoms with van der Waals surface area (Å²) in [5.74, 6) is 0. The Balaban J connectivity index is -0.000000112. The Kier molecular flexibility index (Phi) is 43.1. The number of hydrogen-bond donors (Lipinski definition) is 7. The molecule has 12 nitrogen and oxygen atoms in total. The molecule has 0 aliphatic heterocycles. The summed E-state index contributed by atoms with van der Waals surface area (Å²) in [4.78, 5) is 1.79. The van der Waals surface area contributed by atoms with Crippen LogP contribution in [0.2, 0.25) is 0 Å².